The van der Waals surface area contributed by atoms with Gasteiger partial charge in [0.2, 0.25) is 0 Å². The standard InChI is InChI=1S/C11H15ClN2O2/c1-9(2)13(8-7-12)10-5-3-4-6-11(10)14(15)16/h3-6,9H,7-8H2,1-2H3. The lowest BCUT2D eigenvalue weighted by molar-refractivity contribution is -0.384. The van der Waals surface area contributed by atoms with Gasteiger partial charge >= 0.3 is 0 Å². The van der Waals surface area contributed by atoms with Crippen molar-refractivity contribution in [2.24, 2.45) is 0 Å². The van der Waals surface area contributed by atoms with Gasteiger partial charge in [-0.3, -0.25) is 10.1 Å². The Kier molecular flexibility index (Phi) is 4.55. The Bertz CT molecular complexity index is 369. The molecular formula is C11H15ClN2O2. The van der Waals surface area contributed by atoms with Crippen LogP contribution in [-0.2, 0) is 0 Å². The van der Waals surface area contributed by atoms with E-state index in [0.29, 0.717) is 18.1 Å². The molecule has 1 aromatic carbocycles. The van der Waals surface area contributed by atoms with Gasteiger partial charge in [0.25, 0.3) is 5.69 Å². The van der Waals surface area contributed by atoms with Crippen molar-refractivity contribution in [2.45, 2.75) is 19.9 Å². The second-order valence-corrected chi connectivity index (χ2v) is 4.10. The number of rotatable bonds is 5. The third kappa shape index (κ3) is 2.85. The SMILES string of the molecule is CC(C)N(CCCl)c1ccccc1[N+](=O)[O-]. The van der Waals surface area contributed by atoms with E-state index in [2.05, 4.69) is 0 Å². The normalized spacial score (nSPS) is 10.5. The van der Waals surface area contributed by atoms with Gasteiger partial charge in [-0.25, -0.2) is 0 Å². The molecule has 0 amide bonds. The van der Waals surface area contributed by atoms with E-state index < -0.39 is 0 Å². The first-order chi connectivity index (χ1) is 7.57. The maximum absolute atomic E-state index is 10.9. The highest BCUT2D eigenvalue weighted by Crippen LogP contribution is 2.28. The molecule has 0 saturated heterocycles. The lowest BCUT2D eigenvalue weighted by Crippen LogP contribution is -2.33. The van der Waals surface area contributed by atoms with Gasteiger partial charge in [-0.15, -0.1) is 11.6 Å². The largest absolute Gasteiger partial charge is 0.362 e. The number of para-hydroxylation sites is 2. The molecule has 4 nitrogen and oxygen atoms in total. The molecule has 0 spiro atoms. The van der Waals surface area contributed by atoms with Crippen LogP contribution in [0.2, 0.25) is 0 Å². The molecule has 0 unspecified atom stereocenters. The van der Waals surface area contributed by atoms with Crippen molar-refractivity contribution < 1.29 is 4.92 Å². The molecule has 1 aromatic rings. The van der Waals surface area contributed by atoms with E-state index in [1.54, 1.807) is 18.2 Å². The van der Waals surface area contributed by atoms with E-state index in [4.69, 9.17) is 11.6 Å². The Balaban J connectivity index is 3.12. The number of nitrogens with zero attached hydrogens (tertiary/aromatic N) is 2. The molecule has 0 radical (unpaired) electrons. The molecule has 0 N–H and O–H groups in total. The predicted octanol–water partition coefficient (Wildman–Crippen LogP) is 3.05. The third-order valence-corrected chi connectivity index (χ3v) is 2.51. The zero-order valence-electron chi connectivity index (χ0n) is 9.39. The van der Waals surface area contributed by atoms with E-state index in [9.17, 15) is 10.1 Å². The van der Waals surface area contributed by atoms with E-state index in [1.807, 2.05) is 18.7 Å². The molecule has 16 heavy (non-hydrogen) atoms. The quantitative estimate of drug-likeness (QED) is 0.453. The minimum absolute atomic E-state index is 0.126. The molecule has 0 atom stereocenters. The monoisotopic (exact) mass is 242 g/mol. The first-order valence-electron chi connectivity index (χ1n) is 5.14. The summed E-state index contributed by atoms with van der Waals surface area (Å²) in [6.07, 6.45) is 0. The molecule has 0 aliphatic carbocycles. The van der Waals surface area contributed by atoms with Crippen LogP contribution in [0.1, 0.15) is 13.8 Å². The van der Waals surface area contributed by atoms with Gasteiger partial charge in [-0.05, 0) is 19.9 Å². The van der Waals surface area contributed by atoms with Gasteiger partial charge < -0.3 is 4.90 Å². The van der Waals surface area contributed by atoms with Crippen LogP contribution in [0.25, 0.3) is 0 Å². The van der Waals surface area contributed by atoms with Gasteiger partial charge in [0.1, 0.15) is 5.69 Å². The Morgan fingerprint density at radius 2 is 2.06 bits per heavy atom. The predicted molar refractivity (Wildman–Crippen MR) is 66.3 cm³/mol. The van der Waals surface area contributed by atoms with E-state index in [1.165, 1.54) is 6.07 Å². The number of alkyl halides is 1. The van der Waals surface area contributed by atoms with Crippen LogP contribution < -0.4 is 4.90 Å². The molecule has 0 aliphatic rings. The number of hydrogen-bond donors (Lipinski definition) is 0. The molecule has 5 heteroatoms. The van der Waals surface area contributed by atoms with Crippen molar-refractivity contribution in [3.8, 4) is 0 Å². The number of hydrogen-bond acceptors (Lipinski definition) is 3. The first kappa shape index (κ1) is 12.8. The van der Waals surface area contributed by atoms with Crippen molar-refractivity contribution in [1.29, 1.82) is 0 Å². The van der Waals surface area contributed by atoms with Crippen LogP contribution in [0.15, 0.2) is 24.3 Å². The molecule has 0 heterocycles. The first-order valence-corrected chi connectivity index (χ1v) is 5.67. The minimum atomic E-state index is -0.362. The number of halogens is 1. The van der Waals surface area contributed by atoms with Gasteiger partial charge in [0.15, 0.2) is 0 Å². The van der Waals surface area contributed by atoms with E-state index in [0.717, 1.165) is 0 Å². The summed E-state index contributed by atoms with van der Waals surface area (Å²) in [4.78, 5) is 12.5. The smallest absolute Gasteiger partial charge is 0.292 e. The van der Waals surface area contributed by atoms with E-state index in [-0.39, 0.29) is 16.7 Å². The Labute approximate surface area is 100.0 Å². The summed E-state index contributed by atoms with van der Waals surface area (Å²) in [5, 5.41) is 10.9. The average molecular weight is 243 g/mol. The number of anilines is 1. The number of nitro groups is 1. The molecular weight excluding hydrogens is 228 g/mol. The Morgan fingerprint density at radius 3 is 2.56 bits per heavy atom. The highest BCUT2D eigenvalue weighted by Gasteiger charge is 2.19. The maximum atomic E-state index is 10.9. The van der Waals surface area contributed by atoms with Gasteiger partial charge in [0, 0.05) is 24.5 Å². The fourth-order valence-corrected chi connectivity index (χ4v) is 1.79. The average Bonchev–Trinajstić information content (AvgIpc) is 2.25. The fourth-order valence-electron chi connectivity index (χ4n) is 1.61. The molecule has 88 valence electrons. The highest BCUT2D eigenvalue weighted by molar-refractivity contribution is 6.18. The van der Waals surface area contributed by atoms with Crippen molar-refractivity contribution in [1.82, 2.24) is 0 Å². The van der Waals surface area contributed by atoms with E-state index >= 15 is 0 Å². The summed E-state index contributed by atoms with van der Waals surface area (Å²) in [6.45, 7) is 4.58. The fraction of sp³-hybridized carbons (Fsp3) is 0.455. The van der Waals surface area contributed by atoms with Crippen molar-refractivity contribution in [3.63, 3.8) is 0 Å². The second kappa shape index (κ2) is 5.70. The Morgan fingerprint density at radius 1 is 1.44 bits per heavy atom. The van der Waals surface area contributed by atoms with Crippen LogP contribution in [0, 0.1) is 10.1 Å². The highest BCUT2D eigenvalue weighted by atomic mass is 35.5. The summed E-state index contributed by atoms with van der Waals surface area (Å²) in [5.41, 5.74) is 0.754. The molecule has 1 rings (SSSR count). The molecule has 0 bridgehead atoms. The maximum Gasteiger partial charge on any atom is 0.292 e. The minimum Gasteiger partial charge on any atom is -0.362 e. The van der Waals surface area contributed by atoms with Crippen molar-refractivity contribution in [2.75, 3.05) is 17.3 Å². The lowest BCUT2D eigenvalue weighted by atomic mass is 10.2. The number of nitro benzene ring substituents is 1. The Hall–Kier alpha value is -1.29. The van der Waals surface area contributed by atoms with Gasteiger partial charge in [-0.1, -0.05) is 12.1 Å². The summed E-state index contributed by atoms with van der Waals surface area (Å²) in [5.74, 6) is 0.449. The summed E-state index contributed by atoms with van der Waals surface area (Å²) < 4.78 is 0. The van der Waals surface area contributed by atoms with Crippen LogP contribution >= 0.6 is 11.6 Å². The van der Waals surface area contributed by atoms with Crippen molar-refractivity contribution >= 4 is 23.0 Å². The topological polar surface area (TPSA) is 46.4 Å². The molecule has 0 fully saturated rings. The zero-order chi connectivity index (χ0) is 12.1. The lowest BCUT2D eigenvalue weighted by Gasteiger charge is -2.27. The molecule has 0 aliphatic heterocycles. The van der Waals surface area contributed by atoms with Gasteiger partial charge in [0.05, 0.1) is 4.92 Å². The second-order valence-electron chi connectivity index (χ2n) is 3.72. The van der Waals surface area contributed by atoms with Crippen molar-refractivity contribution in [3.05, 3.63) is 34.4 Å². The number of benzene rings is 1. The molecule has 0 aromatic heterocycles. The molecule has 0 saturated carbocycles. The third-order valence-electron chi connectivity index (χ3n) is 2.34. The van der Waals surface area contributed by atoms with Crippen LogP contribution in [0.3, 0.4) is 0 Å². The summed E-state index contributed by atoms with van der Waals surface area (Å²) in [7, 11) is 0. The van der Waals surface area contributed by atoms with Crippen LogP contribution in [0.4, 0.5) is 11.4 Å². The summed E-state index contributed by atoms with van der Waals surface area (Å²) >= 11 is 5.71. The van der Waals surface area contributed by atoms with Gasteiger partial charge in [-0.2, -0.15) is 0 Å². The van der Waals surface area contributed by atoms with Crippen LogP contribution in [-0.4, -0.2) is 23.4 Å². The zero-order valence-corrected chi connectivity index (χ0v) is 10.1. The summed E-state index contributed by atoms with van der Waals surface area (Å²) in [6, 6.07) is 6.91. The van der Waals surface area contributed by atoms with Crippen LogP contribution in [0.5, 0.6) is 0 Å².